The third kappa shape index (κ3) is 3.47. The molecule has 0 saturated carbocycles. The Morgan fingerprint density at radius 1 is 1.40 bits per heavy atom. The molecule has 0 aliphatic carbocycles. The van der Waals surface area contributed by atoms with Crippen molar-refractivity contribution in [2.45, 2.75) is 18.3 Å². The molecule has 1 aromatic rings. The van der Waals surface area contributed by atoms with E-state index in [1.807, 2.05) is 0 Å². The van der Waals surface area contributed by atoms with E-state index < -0.39 is 17.3 Å². The molecule has 0 spiro atoms. The zero-order chi connectivity index (χ0) is 11.5. The highest BCUT2D eigenvalue weighted by Crippen LogP contribution is 2.20. The molecule has 1 unspecified atom stereocenters. The number of rotatable bonds is 3. The number of benzene rings is 1. The highest BCUT2D eigenvalue weighted by molar-refractivity contribution is 6.32. The Morgan fingerprint density at radius 2 is 1.93 bits per heavy atom. The number of hydrogen-bond acceptors (Lipinski definition) is 1. The summed E-state index contributed by atoms with van der Waals surface area (Å²) in [7, 11) is 0. The lowest BCUT2D eigenvalue weighted by atomic mass is 10.1. The number of amides is 1. The SMILES string of the molecule is CC(NC(=O)C(F)(F)Cl)c1ccccc1. The van der Waals surface area contributed by atoms with Gasteiger partial charge in [0.05, 0.1) is 6.04 Å². The van der Waals surface area contributed by atoms with Crippen molar-refractivity contribution in [1.82, 2.24) is 5.32 Å². The minimum atomic E-state index is -3.86. The Kier molecular flexibility index (Phi) is 3.63. The molecule has 0 heterocycles. The van der Waals surface area contributed by atoms with Crippen LogP contribution in [0.3, 0.4) is 0 Å². The van der Waals surface area contributed by atoms with Gasteiger partial charge < -0.3 is 5.32 Å². The molecule has 15 heavy (non-hydrogen) atoms. The maximum atomic E-state index is 12.3. The fraction of sp³-hybridized carbons (Fsp3) is 0.300. The van der Waals surface area contributed by atoms with Gasteiger partial charge in [-0.1, -0.05) is 30.3 Å². The van der Waals surface area contributed by atoms with E-state index in [1.165, 1.54) is 0 Å². The van der Waals surface area contributed by atoms with Gasteiger partial charge in [-0.05, 0) is 24.1 Å². The summed E-state index contributed by atoms with van der Waals surface area (Å²) in [5, 5.41) is -1.74. The molecule has 1 amide bonds. The second-order valence-electron chi connectivity index (χ2n) is 3.10. The van der Waals surface area contributed by atoms with E-state index in [-0.39, 0.29) is 0 Å². The first kappa shape index (κ1) is 11.9. The summed E-state index contributed by atoms with van der Waals surface area (Å²) in [5.41, 5.74) is 0.742. The summed E-state index contributed by atoms with van der Waals surface area (Å²) in [6.07, 6.45) is 0. The van der Waals surface area contributed by atoms with Crippen LogP contribution in [0.4, 0.5) is 8.78 Å². The molecule has 1 aromatic carbocycles. The number of halogens is 3. The van der Waals surface area contributed by atoms with Crippen molar-refractivity contribution in [2.24, 2.45) is 0 Å². The van der Waals surface area contributed by atoms with Crippen LogP contribution in [0.5, 0.6) is 0 Å². The van der Waals surface area contributed by atoms with Gasteiger partial charge in [-0.3, -0.25) is 4.79 Å². The third-order valence-electron chi connectivity index (χ3n) is 1.90. The van der Waals surface area contributed by atoms with Crippen LogP contribution in [-0.2, 0) is 4.79 Å². The maximum Gasteiger partial charge on any atom is 0.399 e. The van der Waals surface area contributed by atoms with Crippen LogP contribution >= 0.6 is 11.6 Å². The average molecular weight is 234 g/mol. The van der Waals surface area contributed by atoms with Gasteiger partial charge >= 0.3 is 11.3 Å². The second-order valence-corrected chi connectivity index (χ2v) is 3.58. The third-order valence-corrected chi connectivity index (χ3v) is 2.08. The van der Waals surface area contributed by atoms with E-state index in [4.69, 9.17) is 0 Å². The molecule has 2 nitrogen and oxygen atoms in total. The summed E-state index contributed by atoms with van der Waals surface area (Å²) >= 11 is 4.57. The Bertz CT molecular complexity index is 337. The second kappa shape index (κ2) is 4.57. The molecule has 0 aromatic heterocycles. The minimum Gasteiger partial charge on any atom is -0.343 e. The van der Waals surface area contributed by atoms with E-state index in [9.17, 15) is 13.6 Å². The smallest absolute Gasteiger partial charge is 0.343 e. The molecule has 1 atom stereocenters. The number of hydrogen-bond donors (Lipinski definition) is 1. The van der Waals surface area contributed by atoms with Crippen molar-refractivity contribution in [1.29, 1.82) is 0 Å². The van der Waals surface area contributed by atoms with Gasteiger partial charge in [-0.15, -0.1) is 0 Å². The Hall–Kier alpha value is -1.16. The molecule has 0 aliphatic rings. The number of carbonyl (C=O) groups is 1. The quantitative estimate of drug-likeness (QED) is 0.799. The summed E-state index contributed by atoms with van der Waals surface area (Å²) in [5.74, 6) is -1.49. The molecule has 0 radical (unpaired) electrons. The van der Waals surface area contributed by atoms with Crippen molar-refractivity contribution >= 4 is 17.5 Å². The predicted molar refractivity (Wildman–Crippen MR) is 53.8 cm³/mol. The van der Waals surface area contributed by atoms with Crippen molar-refractivity contribution in [3.05, 3.63) is 35.9 Å². The first-order valence-electron chi connectivity index (χ1n) is 4.34. The lowest BCUT2D eigenvalue weighted by Crippen LogP contribution is -2.37. The Balaban J connectivity index is 2.65. The molecule has 5 heteroatoms. The zero-order valence-corrected chi connectivity index (χ0v) is 8.76. The fourth-order valence-electron chi connectivity index (χ4n) is 1.10. The lowest BCUT2D eigenvalue weighted by Gasteiger charge is -2.16. The van der Waals surface area contributed by atoms with E-state index >= 15 is 0 Å². The monoisotopic (exact) mass is 233 g/mol. The average Bonchev–Trinajstić information content (AvgIpc) is 2.17. The van der Waals surface area contributed by atoms with E-state index in [0.29, 0.717) is 0 Å². The molecule has 0 aliphatic heterocycles. The van der Waals surface area contributed by atoms with Crippen molar-refractivity contribution in [2.75, 3.05) is 0 Å². The number of carbonyl (C=O) groups excluding carboxylic acids is 1. The van der Waals surface area contributed by atoms with E-state index in [2.05, 4.69) is 16.9 Å². The minimum absolute atomic E-state index is 0.497. The molecule has 1 rings (SSSR count). The highest BCUT2D eigenvalue weighted by atomic mass is 35.5. The molecular formula is C10H10ClF2NO. The summed E-state index contributed by atoms with van der Waals surface area (Å²) < 4.78 is 24.7. The lowest BCUT2D eigenvalue weighted by molar-refractivity contribution is -0.136. The van der Waals surface area contributed by atoms with Gasteiger partial charge in [0.1, 0.15) is 0 Å². The first-order chi connectivity index (χ1) is 6.91. The normalized spacial score (nSPS) is 13.3. The predicted octanol–water partition coefficient (Wildman–Crippen LogP) is 2.70. The summed E-state index contributed by atoms with van der Waals surface area (Å²) in [6.45, 7) is 1.61. The largest absolute Gasteiger partial charge is 0.399 e. The van der Waals surface area contributed by atoms with Gasteiger partial charge in [0.15, 0.2) is 0 Å². The van der Waals surface area contributed by atoms with Gasteiger partial charge in [0, 0.05) is 0 Å². The first-order valence-corrected chi connectivity index (χ1v) is 4.71. The number of alkyl halides is 3. The van der Waals surface area contributed by atoms with Crippen molar-refractivity contribution in [3.63, 3.8) is 0 Å². The zero-order valence-electron chi connectivity index (χ0n) is 8.01. The molecule has 0 bridgehead atoms. The Morgan fingerprint density at radius 3 is 2.40 bits per heavy atom. The topological polar surface area (TPSA) is 29.1 Å². The van der Waals surface area contributed by atoms with Crippen LogP contribution < -0.4 is 5.32 Å². The Labute approximate surface area is 91.2 Å². The fourth-order valence-corrected chi connectivity index (χ4v) is 1.16. The van der Waals surface area contributed by atoms with Crippen molar-refractivity contribution in [3.8, 4) is 0 Å². The van der Waals surface area contributed by atoms with Gasteiger partial charge in [0.2, 0.25) is 0 Å². The summed E-state index contributed by atoms with van der Waals surface area (Å²) in [6, 6.07) is 8.29. The van der Waals surface area contributed by atoms with Crippen LogP contribution in [-0.4, -0.2) is 11.3 Å². The molecule has 0 fully saturated rings. The van der Waals surface area contributed by atoms with Crippen molar-refractivity contribution < 1.29 is 13.6 Å². The van der Waals surface area contributed by atoms with Crippen LogP contribution in [0.2, 0.25) is 0 Å². The molecular weight excluding hydrogens is 224 g/mol. The molecule has 0 saturated heterocycles. The number of nitrogens with one attached hydrogen (secondary N) is 1. The van der Waals surface area contributed by atoms with Gasteiger partial charge in [0.25, 0.3) is 0 Å². The van der Waals surface area contributed by atoms with Crippen LogP contribution in [0.25, 0.3) is 0 Å². The van der Waals surface area contributed by atoms with E-state index in [1.54, 1.807) is 37.3 Å². The molecule has 1 N–H and O–H groups in total. The van der Waals surface area contributed by atoms with Crippen LogP contribution in [0.1, 0.15) is 18.5 Å². The highest BCUT2D eigenvalue weighted by Gasteiger charge is 2.36. The van der Waals surface area contributed by atoms with Crippen LogP contribution in [0, 0.1) is 0 Å². The maximum absolute atomic E-state index is 12.3. The van der Waals surface area contributed by atoms with Gasteiger partial charge in [-0.25, -0.2) is 0 Å². The van der Waals surface area contributed by atoms with Crippen LogP contribution in [0.15, 0.2) is 30.3 Å². The van der Waals surface area contributed by atoms with Gasteiger partial charge in [-0.2, -0.15) is 8.78 Å². The summed E-state index contributed by atoms with van der Waals surface area (Å²) in [4.78, 5) is 10.9. The standard InChI is InChI=1S/C10H10ClF2NO/c1-7(8-5-3-2-4-6-8)14-9(15)10(11,12)13/h2-7H,1H3,(H,14,15). The van der Waals surface area contributed by atoms with E-state index in [0.717, 1.165) is 5.56 Å². The molecule has 82 valence electrons.